The van der Waals surface area contributed by atoms with Gasteiger partial charge in [-0.2, -0.15) is 18.2 Å². The molecule has 0 radical (unpaired) electrons. The van der Waals surface area contributed by atoms with Crippen LogP contribution in [0.4, 0.5) is 13.2 Å². The van der Waals surface area contributed by atoms with Gasteiger partial charge >= 0.3 is 6.18 Å². The first-order valence-electron chi connectivity index (χ1n) is 8.08. The van der Waals surface area contributed by atoms with Crippen LogP contribution in [0.2, 0.25) is 0 Å². The molecule has 1 atom stereocenters. The third-order valence-corrected chi connectivity index (χ3v) is 3.71. The van der Waals surface area contributed by atoms with Crippen LogP contribution < -0.4 is 4.74 Å². The summed E-state index contributed by atoms with van der Waals surface area (Å²) < 4.78 is 54.0. The zero-order chi connectivity index (χ0) is 18.4. The summed E-state index contributed by atoms with van der Waals surface area (Å²) in [5.41, 5.74) is 0. The van der Waals surface area contributed by atoms with E-state index >= 15 is 0 Å². The van der Waals surface area contributed by atoms with Gasteiger partial charge in [0.25, 0.3) is 0 Å². The van der Waals surface area contributed by atoms with E-state index in [4.69, 9.17) is 13.9 Å². The molecule has 6 nitrogen and oxygen atoms in total. The Kier molecular flexibility index (Phi) is 5.89. The molecule has 0 saturated carbocycles. The Morgan fingerprint density at radius 1 is 1.35 bits per heavy atom. The maximum absolute atomic E-state index is 12.6. The fourth-order valence-corrected chi connectivity index (χ4v) is 2.49. The average Bonchev–Trinajstić information content (AvgIpc) is 3.13. The van der Waals surface area contributed by atoms with E-state index in [-0.39, 0.29) is 18.6 Å². The lowest BCUT2D eigenvalue weighted by Gasteiger charge is -2.31. The molecule has 1 fully saturated rings. The lowest BCUT2D eigenvalue weighted by molar-refractivity contribution is -0.145. The molecular formula is C17H18F3N3O3. The summed E-state index contributed by atoms with van der Waals surface area (Å²) in [6.07, 6.45) is 1.67. The molecule has 0 amide bonds. The van der Waals surface area contributed by atoms with Crippen molar-refractivity contribution < 1.29 is 27.1 Å². The van der Waals surface area contributed by atoms with E-state index in [1.54, 1.807) is 6.26 Å². The molecule has 0 aliphatic carbocycles. The molecule has 0 bridgehead atoms. The van der Waals surface area contributed by atoms with Crippen molar-refractivity contribution >= 4 is 6.08 Å². The molecule has 26 heavy (non-hydrogen) atoms. The Morgan fingerprint density at radius 2 is 2.23 bits per heavy atom. The number of morpholine rings is 1. The molecule has 9 heteroatoms. The van der Waals surface area contributed by atoms with Crippen LogP contribution in [0.3, 0.4) is 0 Å². The number of alkyl halides is 3. The normalized spacial score (nSPS) is 19.1. The zero-order valence-electron chi connectivity index (χ0n) is 13.9. The summed E-state index contributed by atoms with van der Waals surface area (Å²) in [6, 6.07) is 4.98. The predicted molar refractivity (Wildman–Crippen MR) is 86.5 cm³/mol. The van der Waals surface area contributed by atoms with Gasteiger partial charge in [-0.05, 0) is 18.2 Å². The van der Waals surface area contributed by atoms with E-state index in [1.165, 1.54) is 6.07 Å². The van der Waals surface area contributed by atoms with E-state index in [2.05, 4.69) is 14.9 Å². The molecule has 3 heterocycles. The topological polar surface area (TPSA) is 60.6 Å². The standard InChI is InChI=1S/C17H18F3N3O3/c18-17(19,20)16-21-6-5-15(22-16)26-12-14-11-23(8-10-25-14)7-1-3-13-4-2-9-24-13/h1-6,9,14H,7-8,10-12H2/b3-1+. The van der Waals surface area contributed by atoms with Crippen molar-refractivity contribution in [3.05, 3.63) is 48.3 Å². The van der Waals surface area contributed by atoms with Gasteiger partial charge in [-0.3, -0.25) is 4.90 Å². The summed E-state index contributed by atoms with van der Waals surface area (Å²) >= 11 is 0. The summed E-state index contributed by atoms with van der Waals surface area (Å²) in [5, 5.41) is 0. The molecule has 1 aliphatic rings. The molecule has 1 unspecified atom stereocenters. The Balaban J connectivity index is 1.48. The third-order valence-electron chi connectivity index (χ3n) is 3.71. The maximum Gasteiger partial charge on any atom is 0.451 e. The quantitative estimate of drug-likeness (QED) is 0.780. The predicted octanol–water partition coefficient (Wildman–Crippen LogP) is 2.88. The van der Waals surface area contributed by atoms with Gasteiger partial charge < -0.3 is 13.9 Å². The lowest BCUT2D eigenvalue weighted by atomic mass is 10.2. The number of halogens is 3. The van der Waals surface area contributed by atoms with Crippen molar-refractivity contribution in [3.8, 4) is 5.88 Å². The number of furan rings is 1. The number of nitrogens with zero attached hydrogens (tertiary/aromatic N) is 3. The van der Waals surface area contributed by atoms with Crippen LogP contribution in [0.5, 0.6) is 5.88 Å². The summed E-state index contributed by atoms with van der Waals surface area (Å²) in [6.45, 7) is 2.74. The molecule has 1 saturated heterocycles. The molecule has 3 rings (SSSR count). The Labute approximate surface area is 148 Å². The smallest absolute Gasteiger partial charge is 0.451 e. The first-order valence-corrected chi connectivity index (χ1v) is 8.08. The second kappa shape index (κ2) is 8.33. The highest BCUT2D eigenvalue weighted by molar-refractivity contribution is 5.42. The Hall–Kier alpha value is -2.39. The van der Waals surface area contributed by atoms with Gasteiger partial charge in [0.1, 0.15) is 18.5 Å². The minimum Gasteiger partial charge on any atom is -0.475 e. The molecule has 2 aromatic rings. The van der Waals surface area contributed by atoms with Gasteiger partial charge in [0.2, 0.25) is 11.7 Å². The molecular weight excluding hydrogens is 351 g/mol. The summed E-state index contributed by atoms with van der Waals surface area (Å²) in [7, 11) is 0. The van der Waals surface area contributed by atoms with E-state index in [9.17, 15) is 13.2 Å². The van der Waals surface area contributed by atoms with Crippen molar-refractivity contribution in [2.75, 3.05) is 32.8 Å². The fourth-order valence-electron chi connectivity index (χ4n) is 2.49. The fraction of sp³-hybridized carbons (Fsp3) is 0.412. The second-order valence-electron chi connectivity index (χ2n) is 5.70. The van der Waals surface area contributed by atoms with Crippen molar-refractivity contribution in [2.24, 2.45) is 0 Å². The van der Waals surface area contributed by atoms with Gasteiger partial charge in [0, 0.05) is 31.9 Å². The van der Waals surface area contributed by atoms with E-state index in [0.717, 1.165) is 18.5 Å². The summed E-state index contributed by atoms with van der Waals surface area (Å²) in [5.74, 6) is -0.558. The van der Waals surface area contributed by atoms with Crippen LogP contribution in [0, 0.1) is 0 Å². The number of ether oxygens (including phenoxy) is 2. The Morgan fingerprint density at radius 3 is 3.00 bits per heavy atom. The molecule has 0 spiro atoms. The number of hydrogen-bond donors (Lipinski definition) is 0. The molecule has 0 N–H and O–H groups in total. The highest BCUT2D eigenvalue weighted by Crippen LogP contribution is 2.26. The minimum absolute atomic E-state index is 0.118. The highest BCUT2D eigenvalue weighted by Gasteiger charge is 2.35. The lowest BCUT2D eigenvalue weighted by Crippen LogP contribution is -2.44. The minimum atomic E-state index is -4.60. The van der Waals surface area contributed by atoms with Crippen molar-refractivity contribution in [1.82, 2.24) is 14.9 Å². The largest absolute Gasteiger partial charge is 0.475 e. The number of rotatable bonds is 6. The van der Waals surface area contributed by atoms with Crippen LogP contribution in [0.1, 0.15) is 11.6 Å². The van der Waals surface area contributed by atoms with Crippen molar-refractivity contribution in [1.29, 1.82) is 0 Å². The molecule has 0 aromatic carbocycles. The van der Waals surface area contributed by atoms with Crippen LogP contribution >= 0.6 is 0 Å². The first-order chi connectivity index (χ1) is 12.5. The first kappa shape index (κ1) is 18.4. The SMILES string of the molecule is FC(F)(F)c1nccc(OCC2CN(C/C=C/c3ccco3)CCO2)n1. The van der Waals surface area contributed by atoms with Crippen LogP contribution in [0.15, 0.2) is 41.2 Å². The van der Waals surface area contributed by atoms with Gasteiger partial charge in [-0.1, -0.05) is 6.08 Å². The van der Waals surface area contributed by atoms with Crippen molar-refractivity contribution in [3.63, 3.8) is 0 Å². The maximum atomic E-state index is 12.6. The molecule has 2 aromatic heterocycles. The van der Waals surface area contributed by atoms with Crippen molar-refractivity contribution in [2.45, 2.75) is 12.3 Å². The van der Waals surface area contributed by atoms with E-state index < -0.39 is 12.0 Å². The Bertz CT molecular complexity index is 720. The number of aromatic nitrogens is 2. The highest BCUT2D eigenvalue weighted by atomic mass is 19.4. The van der Waals surface area contributed by atoms with E-state index in [0.29, 0.717) is 19.7 Å². The average molecular weight is 369 g/mol. The van der Waals surface area contributed by atoms with Gasteiger partial charge in [0.05, 0.1) is 12.9 Å². The molecule has 140 valence electrons. The monoisotopic (exact) mass is 369 g/mol. The second-order valence-corrected chi connectivity index (χ2v) is 5.70. The third kappa shape index (κ3) is 5.30. The summed E-state index contributed by atoms with van der Waals surface area (Å²) in [4.78, 5) is 8.74. The van der Waals surface area contributed by atoms with Crippen LogP contribution in [-0.2, 0) is 10.9 Å². The molecule has 1 aliphatic heterocycles. The number of hydrogen-bond acceptors (Lipinski definition) is 6. The van der Waals surface area contributed by atoms with Gasteiger partial charge in [-0.15, -0.1) is 0 Å². The zero-order valence-corrected chi connectivity index (χ0v) is 13.9. The van der Waals surface area contributed by atoms with Crippen LogP contribution in [-0.4, -0.2) is 53.8 Å². The van der Waals surface area contributed by atoms with Crippen LogP contribution in [0.25, 0.3) is 6.08 Å². The van der Waals surface area contributed by atoms with E-state index in [1.807, 2.05) is 24.3 Å². The van der Waals surface area contributed by atoms with Gasteiger partial charge in [-0.25, -0.2) is 4.98 Å². The van der Waals surface area contributed by atoms with Gasteiger partial charge in [0.15, 0.2) is 0 Å².